The topological polar surface area (TPSA) is 39.4 Å². The lowest BCUT2D eigenvalue weighted by Crippen LogP contribution is -2.44. The Hall–Kier alpha value is -0.740. The van der Waals surface area contributed by atoms with Crippen LogP contribution in [0.1, 0.15) is 48.7 Å². The second-order valence-corrected chi connectivity index (χ2v) is 7.03. The first-order valence-corrected chi connectivity index (χ1v) is 8.72. The fourth-order valence-corrected chi connectivity index (χ4v) is 4.63. The maximum absolute atomic E-state index is 12.7. The second-order valence-electron chi connectivity index (χ2n) is 5.81. The fraction of sp³-hybridized carbons (Fsp3) is 0.688. The van der Waals surface area contributed by atoms with Gasteiger partial charge in [0.15, 0.2) is 5.78 Å². The van der Waals surface area contributed by atoms with Gasteiger partial charge in [-0.1, -0.05) is 6.92 Å². The molecule has 0 aromatic carbocycles. The molecule has 1 aromatic rings. The molecule has 2 aliphatic rings. The normalized spacial score (nSPS) is 25.8. The number of aryl methyl sites for hydroxylation is 1. The molecule has 3 rings (SSSR count). The van der Waals surface area contributed by atoms with Crippen LogP contribution >= 0.6 is 11.8 Å². The van der Waals surface area contributed by atoms with Crippen molar-refractivity contribution in [2.75, 3.05) is 18.1 Å². The summed E-state index contributed by atoms with van der Waals surface area (Å²) in [5.41, 5.74) is 0.764. The molecule has 0 bridgehead atoms. The summed E-state index contributed by atoms with van der Waals surface area (Å²) in [6.07, 6.45) is 6.33. The largest absolute Gasteiger partial charge is 0.469 e. The van der Waals surface area contributed by atoms with Gasteiger partial charge in [-0.15, -0.1) is 0 Å². The summed E-state index contributed by atoms with van der Waals surface area (Å²) in [7, 11) is 0. The number of furan rings is 1. The molecule has 110 valence electrons. The SMILES string of the molecule is CCc1occc1C(=O)C1CCOC2(CCSCC2)C1. The lowest BCUT2D eigenvalue weighted by molar-refractivity contribution is -0.0959. The number of ketones is 1. The van der Waals surface area contributed by atoms with Crippen LogP contribution in [0.25, 0.3) is 0 Å². The van der Waals surface area contributed by atoms with E-state index in [-0.39, 0.29) is 17.3 Å². The van der Waals surface area contributed by atoms with E-state index in [0.29, 0.717) is 0 Å². The molecule has 2 fully saturated rings. The zero-order valence-corrected chi connectivity index (χ0v) is 12.8. The Morgan fingerprint density at radius 2 is 2.25 bits per heavy atom. The van der Waals surface area contributed by atoms with E-state index in [2.05, 4.69) is 0 Å². The van der Waals surface area contributed by atoms with Crippen LogP contribution in [0.4, 0.5) is 0 Å². The van der Waals surface area contributed by atoms with E-state index in [9.17, 15) is 4.79 Å². The number of rotatable bonds is 3. The zero-order valence-electron chi connectivity index (χ0n) is 12.0. The molecule has 20 heavy (non-hydrogen) atoms. The van der Waals surface area contributed by atoms with Gasteiger partial charge in [0.05, 0.1) is 17.4 Å². The van der Waals surface area contributed by atoms with Gasteiger partial charge in [-0.3, -0.25) is 4.79 Å². The smallest absolute Gasteiger partial charge is 0.169 e. The van der Waals surface area contributed by atoms with Crippen LogP contribution in [0.5, 0.6) is 0 Å². The van der Waals surface area contributed by atoms with Gasteiger partial charge in [0.25, 0.3) is 0 Å². The molecule has 1 spiro atoms. The summed E-state index contributed by atoms with van der Waals surface area (Å²) in [4.78, 5) is 12.7. The minimum atomic E-state index is -0.0278. The Morgan fingerprint density at radius 3 is 3.00 bits per heavy atom. The molecule has 3 nitrogen and oxygen atoms in total. The van der Waals surface area contributed by atoms with Crippen LogP contribution in [0.2, 0.25) is 0 Å². The van der Waals surface area contributed by atoms with Gasteiger partial charge in [-0.2, -0.15) is 11.8 Å². The summed E-state index contributed by atoms with van der Waals surface area (Å²) in [6.45, 7) is 2.75. The van der Waals surface area contributed by atoms with E-state index in [1.807, 2.05) is 24.8 Å². The summed E-state index contributed by atoms with van der Waals surface area (Å²) in [6, 6.07) is 1.83. The van der Waals surface area contributed by atoms with Crippen molar-refractivity contribution in [3.05, 3.63) is 23.7 Å². The predicted molar refractivity (Wildman–Crippen MR) is 80.4 cm³/mol. The predicted octanol–water partition coefficient (Wildman–Crippen LogP) is 3.72. The molecule has 0 aliphatic carbocycles. The number of Topliss-reactive ketones (excluding diaryl/α,β-unsaturated/α-hetero) is 1. The third-order valence-electron chi connectivity index (χ3n) is 4.60. The highest BCUT2D eigenvalue weighted by molar-refractivity contribution is 7.99. The highest BCUT2D eigenvalue weighted by Gasteiger charge is 2.41. The Balaban J connectivity index is 1.75. The van der Waals surface area contributed by atoms with Crippen molar-refractivity contribution in [3.8, 4) is 0 Å². The third-order valence-corrected chi connectivity index (χ3v) is 5.59. The number of thioether (sulfide) groups is 1. The standard InChI is InChI=1S/C16H22O3S/c1-2-14-13(4-7-18-14)15(17)12-3-8-19-16(11-12)5-9-20-10-6-16/h4,7,12H,2-3,5-6,8-11H2,1H3. The minimum Gasteiger partial charge on any atom is -0.469 e. The number of hydrogen-bond acceptors (Lipinski definition) is 4. The van der Waals surface area contributed by atoms with Crippen molar-refractivity contribution in [1.29, 1.82) is 0 Å². The maximum Gasteiger partial charge on any atom is 0.169 e. The molecule has 0 N–H and O–H groups in total. The van der Waals surface area contributed by atoms with Gasteiger partial charge in [-0.05, 0) is 43.3 Å². The van der Waals surface area contributed by atoms with Gasteiger partial charge in [-0.25, -0.2) is 0 Å². The van der Waals surface area contributed by atoms with Crippen molar-refractivity contribution in [2.45, 2.75) is 44.6 Å². The molecule has 1 unspecified atom stereocenters. The van der Waals surface area contributed by atoms with Crippen molar-refractivity contribution in [1.82, 2.24) is 0 Å². The Kier molecular flexibility index (Phi) is 4.22. The van der Waals surface area contributed by atoms with E-state index in [1.165, 1.54) is 0 Å². The quantitative estimate of drug-likeness (QED) is 0.797. The van der Waals surface area contributed by atoms with Gasteiger partial charge < -0.3 is 9.15 Å². The van der Waals surface area contributed by atoms with Crippen LogP contribution < -0.4 is 0 Å². The van der Waals surface area contributed by atoms with Crippen molar-refractivity contribution in [3.63, 3.8) is 0 Å². The van der Waals surface area contributed by atoms with E-state index in [0.717, 1.165) is 61.5 Å². The van der Waals surface area contributed by atoms with Crippen molar-refractivity contribution in [2.24, 2.45) is 5.92 Å². The molecule has 1 atom stereocenters. The minimum absolute atomic E-state index is 0.0278. The summed E-state index contributed by atoms with van der Waals surface area (Å²) >= 11 is 2.00. The van der Waals surface area contributed by atoms with Crippen LogP contribution in [0.15, 0.2) is 16.7 Å². The van der Waals surface area contributed by atoms with Gasteiger partial charge in [0, 0.05) is 18.9 Å². The summed E-state index contributed by atoms with van der Waals surface area (Å²) in [5.74, 6) is 3.51. The summed E-state index contributed by atoms with van der Waals surface area (Å²) in [5, 5.41) is 0. The Bertz CT molecular complexity index is 468. The van der Waals surface area contributed by atoms with Crippen molar-refractivity contribution < 1.29 is 13.9 Å². The molecule has 3 heterocycles. The highest BCUT2D eigenvalue weighted by atomic mass is 32.2. The number of carbonyl (C=O) groups excluding carboxylic acids is 1. The molecular weight excluding hydrogens is 272 g/mol. The molecule has 0 radical (unpaired) electrons. The van der Waals surface area contributed by atoms with Gasteiger partial charge in [0.2, 0.25) is 0 Å². The van der Waals surface area contributed by atoms with E-state index < -0.39 is 0 Å². The molecule has 1 aromatic heterocycles. The lowest BCUT2D eigenvalue weighted by atomic mass is 9.78. The van der Waals surface area contributed by atoms with Crippen LogP contribution in [0.3, 0.4) is 0 Å². The van der Waals surface area contributed by atoms with E-state index in [1.54, 1.807) is 6.26 Å². The Morgan fingerprint density at radius 1 is 1.45 bits per heavy atom. The maximum atomic E-state index is 12.7. The third kappa shape index (κ3) is 2.68. The lowest BCUT2D eigenvalue weighted by Gasteiger charge is -2.42. The molecule has 4 heteroatoms. The number of carbonyl (C=O) groups is 1. The Labute approximate surface area is 124 Å². The fourth-order valence-electron chi connectivity index (χ4n) is 3.40. The van der Waals surface area contributed by atoms with Crippen molar-refractivity contribution >= 4 is 17.5 Å². The average molecular weight is 294 g/mol. The summed E-state index contributed by atoms with van der Waals surface area (Å²) < 4.78 is 11.5. The molecule has 2 aliphatic heterocycles. The molecule has 2 saturated heterocycles. The zero-order chi connectivity index (χ0) is 14.0. The van der Waals surface area contributed by atoms with Gasteiger partial charge >= 0.3 is 0 Å². The first-order chi connectivity index (χ1) is 9.74. The first kappa shape index (κ1) is 14.2. The van der Waals surface area contributed by atoms with E-state index in [4.69, 9.17) is 9.15 Å². The van der Waals surface area contributed by atoms with Gasteiger partial charge in [0.1, 0.15) is 5.76 Å². The van der Waals surface area contributed by atoms with Crippen LogP contribution in [-0.4, -0.2) is 29.5 Å². The molecule has 0 saturated carbocycles. The number of hydrogen-bond donors (Lipinski definition) is 0. The first-order valence-electron chi connectivity index (χ1n) is 7.56. The second kappa shape index (κ2) is 5.94. The number of ether oxygens (including phenoxy) is 1. The highest BCUT2D eigenvalue weighted by Crippen LogP contribution is 2.40. The van der Waals surface area contributed by atoms with Crippen LogP contribution in [-0.2, 0) is 11.2 Å². The molecular formula is C16H22O3S. The monoisotopic (exact) mass is 294 g/mol. The average Bonchev–Trinajstić information content (AvgIpc) is 2.96. The van der Waals surface area contributed by atoms with Crippen LogP contribution in [0, 0.1) is 5.92 Å². The molecule has 0 amide bonds. The van der Waals surface area contributed by atoms with E-state index >= 15 is 0 Å².